The highest BCUT2D eigenvalue weighted by Crippen LogP contribution is 1.94. The Balaban J connectivity index is 0.000000561. The highest BCUT2D eigenvalue weighted by molar-refractivity contribution is 5.78. The van der Waals surface area contributed by atoms with E-state index in [0.29, 0.717) is 6.61 Å². The van der Waals surface area contributed by atoms with Gasteiger partial charge in [0.15, 0.2) is 0 Å². The molecule has 1 N–H and O–H groups in total. The summed E-state index contributed by atoms with van der Waals surface area (Å²) in [5.41, 5.74) is 0. The molecule has 1 fully saturated rings. The Kier molecular flexibility index (Phi) is 6.38. The highest BCUT2D eigenvalue weighted by Gasteiger charge is 2.14. The molecule has 3 nitrogen and oxygen atoms in total. The summed E-state index contributed by atoms with van der Waals surface area (Å²) in [6, 6.07) is 0.0752. The highest BCUT2D eigenvalue weighted by atomic mass is 16.5. The Bertz CT molecular complexity index is 155. The zero-order valence-electron chi connectivity index (χ0n) is 7.96. The van der Waals surface area contributed by atoms with Gasteiger partial charge in [-0.1, -0.05) is 26.0 Å². The lowest BCUT2D eigenvalue weighted by molar-refractivity contribution is -0.130. The summed E-state index contributed by atoms with van der Waals surface area (Å²) >= 11 is 0. The number of rotatable bonds is 1. The molecule has 0 aromatic rings. The van der Waals surface area contributed by atoms with E-state index >= 15 is 0 Å². The predicted molar refractivity (Wildman–Crippen MR) is 48.9 cm³/mol. The van der Waals surface area contributed by atoms with Crippen molar-refractivity contribution < 1.29 is 9.53 Å². The molecule has 0 aliphatic carbocycles. The molecule has 12 heavy (non-hydrogen) atoms. The van der Waals surface area contributed by atoms with Gasteiger partial charge in [0.05, 0.1) is 12.6 Å². The van der Waals surface area contributed by atoms with Crippen molar-refractivity contribution in [2.75, 3.05) is 13.2 Å². The van der Waals surface area contributed by atoms with Crippen LogP contribution in [0, 0.1) is 0 Å². The number of allylic oxidation sites excluding steroid dienone is 1. The van der Waals surface area contributed by atoms with E-state index in [9.17, 15) is 4.79 Å². The van der Waals surface area contributed by atoms with Gasteiger partial charge in [0.2, 0.25) is 5.91 Å². The second-order valence-corrected chi connectivity index (χ2v) is 2.21. The fraction of sp³-hybridized carbons (Fsp3) is 0.667. The van der Waals surface area contributed by atoms with E-state index in [1.54, 1.807) is 0 Å². The largest absolute Gasteiger partial charge is 0.369 e. The Morgan fingerprint density at radius 1 is 1.58 bits per heavy atom. The summed E-state index contributed by atoms with van der Waals surface area (Å²) < 4.78 is 4.98. The van der Waals surface area contributed by atoms with Gasteiger partial charge < -0.3 is 10.1 Å². The standard InChI is InChI=1S/C7H11NO2.C2H6/c1-2-3-6-4-10-5-7(9)8-6;1-2/h2-3,6H,4-5H2,1H3,(H,8,9);1-2H3/b3-2+;. The fourth-order valence-corrected chi connectivity index (χ4v) is 0.905. The summed E-state index contributed by atoms with van der Waals surface area (Å²) in [4.78, 5) is 10.7. The maximum absolute atomic E-state index is 10.7. The van der Waals surface area contributed by atoms with Crippen molar-refractivity contribution in [2.24, 2.45) is 0 Å². The molecule has 0 radical (unpaired) electrons. The van der Waals surface area contributed by atoms with Gasteiger partial charge in [0, 0.05) is 0 Å². The summed E-state index contributed by atoms with van der Waals surface area (Å²) in [6.45, 7) is 6.71. The van der Waals surface area contributed by atoms with Crippen LogP contribution in [0.25, 0.3) is 0 Å². The van der Waals surface area contributed by atoms with Crippen molar-refractivity contribution in [3.63, 3.8) is 0 Å². The van der Waals surface area contributed by atoms with Gasteiger partial charge in [-0.05, 0) is 6.92 Å². The van der Waals surface area contributed by atoms with Crippen molar-refractivity contribution in [1.82, 2.24) is 5.32 Å². The summed E-state index contributed by atoms with van der Waals surface area (Å²) in [5, 5.41) is 2.77. The molecule has 1 atom stereocenters. The lowest BCUT2D eigenvalue weighted by Crippen LogP contribution is -2.44. The lowest BCUT2D eigenvalue weighted by atomic mass is 10.2. The number of hydrogen-bond acceptors (Lipinski definition) is 2. The number of hydrogen-bond donors (Lipinski definition) is 1. The third kappa shape index (κ3) is 4.13. The van der Waals surface area contributed by atoms with Crippen LogP contribution < -0.4 is 5.32 Å². The van der Waals surface area contributed by atoms with Gasteiger partial charge in [0.1, 0.15) is 6.61 Å². The first kappa shape index (κ1) is 11.2. The Morgan fingerprint density at radius 3 is 2.75 bits per heavy atom. The van der Waals surface area contributed by atoms with E-state index in [4.69, 9.17) is 4.74 Å². The Hall–Kier alpha value is -0.830. The van der Waals surface area contributed by atoms with Gasteiger partial charge in [-0.25, -0.2) is 0 Å². The Labute approximate surface area is 73.8 Å². The molecule has 1 heterocycles. The van der Waals surface area contributed by atoms with Crippen LogP contribution in [-0.2, 0) is 9.53 Å². The van der Waals surface area contributed by atoms with Crippen LogP contribution in [0.4, 0.5) is 0 Å². The number of ether oxygens (including phenoxy) is 1. The number of carbonyl (C=O) groups excluding carboxylic acids is 1. The molecular weight excluding hydrogens is 154 g/mol. The molecule has 0 bridgehead atoms. The molecule has 0 spiro atoms. The number of morpholine rings is 1. The van der Waals surface area contributed by atoms with Crippen LogP contribution in [0.2, 0.25) is 0 Å². The van der Waals surface area contributed by atoms with E-state index in [1.165, 1.54) is 0 Å². The average Bonchev–Trinajstić information content (AvgIpc) is 2.09. The molecule has 3 heteroatoms. The van der Waals surface area contributed by atoms with E-state index in [2.05, 4.69) is 5.32 Å². The number of carbonyl (C=O) groups is 1. The van der Waals surface area contributed by atoms with Crippen LogP contribution in [0.15, 0.2) is 12.2 Å². The summed E-state index contributed by atoms with van der Waals surface area (Å²) in [6.07, 6.45) is 3.82. The van der Waals surface area contributed by atoms with Crippen LogP contribution in [0.5, 0.6) is 0 Å². The van der Waals surface area contributed by atoms with Gasteiger partial charge in [-0.15, -0.1) is 0 Å². The zero-order valence-corrected chi connectivity index (χ0v) is 7.96. The van der Waals surface area contributed by atoms with Crippen LogP contribution in [0.3, 0.4) is 0 Å². The quantitative estimate of drug-likeness (QED) is 0.600. The van der Waals surface area contributed by atoms with E-state index in [0.717, 1.165) is 0 Å². The first-order valence-corrected chi connectivity index (χ1v) is 4.33. The van der Waals surface area contributed by atoms with Gasteiger partial charge in [-0.3, -0.25) is 4.79 Å². The first-order valence-electron chi connectivity index (χ1n) is 4.33. The maximum Gasteiger partial charge on any atom is 0.246 e. The Morgan fingerprint density at radius 2 is 2.25 bits per heavy atom. The second kappa shape index (κ2) is 6.85. The molecule has 1 rings (SSSR count). The van der Waals surface area contributed by atoms with Gasteiger partial charge in [-0.2, -0.15) is 0 Å². The van der Waals surface area contributed by atoms with Crippen LogP contribution in [-0.4, -0.2) is 25.2 Å². The molecule has 1 saturated heterocycles. The normalized spacial score (nSPS) is 22.9. The van der Waals surface area contributed by atoms with Crippen molar-refractivity contribution in [3.8, 4) is 0 Å². The molecule has 0 aromatic heterocycles. The summed E-state index contributed by atoms with van der Waals surface area (Å²) in [7, 11) is 0. The van der Waals surface area contributed by atoms with Crippen molar-refractivity contribution in [2.45, 2.75) is 26.8 Å². The molecule has 1 unspecified atom stereocenters. The van der Waals surface area contributed by atoms with Crippen LogP contribution in [0.1, 0.15) is 20.8 Å². The maximum atomic E-state index is 10.7. The lowest BCUT2D eigenvalue weighted by Gasteiger charge is -2.20. The third-order valence-corrected chi connectivity index (χ3v) is 1.30. The monoisotopic (exact) mass is 171 g/mol. The molecule has 1 aliphatic heterocycles. The van der Waals surface area contributed by atoms with Crippen molar-refractivity contribution >= 4 is 5.91 Å². The zero-order chi connectivity index (χ0) is 9.40. The van der Waals surface area contributed by atoms with E-state index in [1.807, 2.05) is 32.9 Å². The minimum absolute atomic E-state index is 0.0330. The van der Waals surface area contributed by atoms with Gasteiger partial charge in [0.25, 0.3) is 0 Å². The predicted octanol–water partition coefficient (Wildman–Crippen LogP) is 1.10. The van der Waals surface area contributed by atoms with E-state index < -0.39 is 0 Å². The molecule has 0 saturated carbocycles. The third-order valence-electron chi connectivity index (χ3n) is 1.30. The number of nitrogens with one attached hydrogen (secondary N) is 1. The van der Waals surface area contributed by atoms with Crippen LogP contribution >= 0.6 is 0 Å². The smallest absolute Gasteiger partial charge is 0.246 e. The SMILES string of the molecule is C/C=C/C1COCC(=O)N1.CC. The molecule has 1 amide bonds. The van der Waals surface area contributed by atoms with Gasteiger partial charge >= 0.3 is 0 Å². The molecule has 0 aromatic carbocycles. The minimum Gasteiger partial charge on any atom is -0.369 e. The summed E-state index contributed by atoms with van der Waals surface area (Å²) in [5.74, 6) is -0.0330. The molecular formula is C9H17NO2. The molecule has 1 aliphatic rings. The van der Waals surface area contributed by atoms with Crippen molar-refractivity contribution in [1.29, 1.82) is 0 Å². The van der Waals surface area contributed by atoms with Crippen molar-refractivity contribution in [3.05, 3.63) is 12.2 Å². The second-order valence-electron chi connectivity index (χ2n) is 2.21. The topological polar surface area (TPSA) is 38.3 Å². The average molecular weight is 171 g/mol. The van der Waals surface area contributed by atoms with E-state index in [-0.39, 0.29) is 18.6 Å². The number of amides is 1. The molecule has 70 valence electrons. The minimum atomic E-state index is -0.0330. The fourth-order valence-electron chi connectivity index (χ4n) is 0.905. The first-order chi connectivity index (χ1) is 5.83.